The second kappa shape index (κ2) is 6.75. The molecule has 1 heterocycles. The summed E-state index contributed by atoms with van der Waals surface area (Å²) in [6.07, 6.45) is 4.37. The summed E-state index contributed by atoms with van der Waals surface area (Å²) in [7, 11) is 1.59. The normalized spacial score (nSPS) is 10.2. The average Bonchev–Trinajstić information content (AvgIpc) is 2.48. The van der Waals surface area contributed by atoms with E-state index in [4.69, 9.17) is 14.6 Å². The molecule has 100 valence electrons. The molecule has 0 saturated heterocycles. The second-order valence-electron chi connectivity index (χ2n) is 4.10. The van der Waals surface area contributed by atoms with Crippen LogP contribution >= 0.6 is 0 Å². The standard InChI is InChI=1S/C15H17NO3/c1-18-15-9-13(11-17)4-5-14(15)19-8-6-12-3-2-7-16-10-12/h2-5,7,9-10,17H,6,8,11H2,1H3. The Hall–Kier alpha value is -2.07. The maximum atomic E-state index is 9.07. The molecular weight excluding hydrogens is 242 g/mol. The highest BCUT2D eigenvalue weighted by Crippen LogP contribution is 2.28. The molecule has 1 aromatic carbocycles. The van der Waals surface area contributed by atoms with E-state index >= 15 is 0 Å². The number of hydrogen-bond donors (Lipinski definition) is 1. The third-order valence-electron chi connectivity index (χ3n) is 2.78. The summed E-state index contributed by atoms with van der Waals surface area (Å²) < 4.78 is 10.9. The van der Waals surface area contributed by atoms with E-state index < -0.39 is 0 Å². The first-order chi connectivity index (χ1) is 9.33. The van der Waals surface area contributed by atoms with Crippen molar-refractivity contribution in [3.8, 4) is 11.5 Å². The van der Waals surface area contributed by atoms with Gasteiger partial charge in [-0.15, -0.1) is 0 Å². The minimum Gasteiger partial charge on any atom is -0.493 e. The zero-order valence-electron chi connectivity index (χ0n) is 10.9. The van der Waals surface area contributed by atoms with E-state index in [1.54, 1.807) is 19.4 Å². The molecule has 0 saturated carbocycles. The van der Waals surface area contributed by atoms with Crippen LogP contribution in [0.25, 0.3) is 0 Å². The van der Waals surface area contributed by atoms with Gasteiger partial charge in [-0.1, -0.05) is 12.1 Å². The molecule has 0 amide bonds. The van der Waals surface area contributed by atoms with Gasteiger partial charge in [0, 0.05) is 18.8 Å². The van der Waals surface area contributed by atoms with Gasteiger partial charge in [-0.3, -0.25) is 4.98 Å². The lowest BCUT2D eigenvalue weighted by Gasteiger charge is -2.11. The fourth-order valence-corrected chi connectivity index (χ4v) is 1.75. The van der Waals surface area contributed by atoms with Crippen molar-refractivity contribution in [2.45, 2.75) is 13.0 Å². The highest BCUT2D eigenvalue weighted by atomic mass is 16.5. The van der Waals surface area contributed by atoms with Crippen LogP contribution < -0.4 is 9.47 Å². The highest BCUT2D eigenvalue weighted by molar-refractivity contribution is 5.42. The van der Waals surface area contributed by atoms with Gasteiger partial charge < -0.3 is 14.6 Å². The Morgan fingerprint density at radius 3 is 2.74 bits per heavy atom. The van der Waals surface area contributed by atoms with Crippen molar-refractivity contribution in [1.29, 1.82) is 0 Å². The molecule has 0 atom stereocenters. The Bertz CT molecular complexity index is 514. The summed E-state index contributed by atoms with van der Waals surface area (Å²) in [4.78, 5) is 4.06. The van der Waals surface area contributed by atoms with Crippen molar-refractivity contribution in [3.63, 3.8) is 0 Å². The molecule has 0 spiro atoms. The monoisotopic (exact) mass is 259 g/mol. The number of aliphatic hydroxyl groups is 1. The molecule has 0 unspecified atom stereocenters. The van der Waals surface area contributed by atoms with E-state index in [0.717, 1.165) is 17.5 Å². The molecule has 0 radical (unpaired) electrons. The van der Waals surface area contributed by atoms with E-state index in [-0.39, 0.29) is 6.61 Å². The molecule has 2 rings (SSSR count). The minimum atomic E-state index is -0.00761. The molecular formula is C15H17NO3. The molecule has 0 fully saturated rings. The number of benzene rings is 1. The van der Waals surface area contributed by atoms with Crippen molar-refractivity contribution in [3.05, 3.63) is 53.9 Å². The lowest BCUT2D eigenvalue weighted by molar-refractivity contribution is 0.277. The lowest BCUT2D eigenvalue weighted by atomic mass is 10.2. The van der Waals surface area contributed by atoms with E-state index in [1.807, 2.05) is 30.5 Å². The topological polar surface area (TPSA) is 51.6 Å². The Morgan fingerprint density at radius 1 is 1.16 bits per heavy atom. The van der Waals surface area contributed by atoms with Gasteiger partial charge in [-0.05, 0) is 29.3 Å². The largest absolute Gasteiger partial charge is 0.493 e. The van der Waals surface area contributed by atoms with Crippen LogP contribution in [-0.4, -0.2) is 23.8 Å². The van der Waals surface area contributed by atoms with E-state index in [0.29, 0.717) is 18.1 Å². The van der Waals surface area contributed by atoms with Crippen LogP contribution in [0.1, 0.15) is 11.1 Å². The summed E-state index contributed by atoms with van der Waals surface area (Å²) in [6, 6.07) is 9.34. The summed E-state index contributed by atoms with van der Waals surface area (Å²) in [6.45, 7) is 0.548. The number of nitrogens with zero attached hydrogens (tertiary/aromatic N) is 1. The predicted octanol–water partition coefficient (Wildman–Crippen LogP) is 2.20. The van der Waals surface area contributed by atoms with Gasteiger partial charge in [0.05, 0.1) is 20.3 Å². The molecule has 4 heteroatoms. The smallest absolute Gasteiger partial charge is 0.161 e. The molecule has 0 aliphatic carbocycles. The summed E-state index contributed by atoms with van der Waals surface area (Å²) >= 11 is 0. The van der Waals surface area contributed by atoms with Gasteiger partial charge in [-0.25, -0.2) is 0 Å². The predicted molar refractivity (Wildman–Crippen MR) is 72.4 cm³/mol. The summed E-state index contributed by atoms with van der Waals surface area (Å²) in [5, 5.41) is 9.07. The van der Waals surface area contributed by atoms with Crippen LogP contribution in [0, 0.1) is 0 Å². The van der Waals surface area contributed by atoms with Crippen molar-refractivity contribution in [2.75, 3.05) is 13.7 Å². The van der Waals surface area contributed by atoms with Crippen LogP contribution in [0.2, 0.25) is 0 Å². The number of ether oxygens (including phenoxy) is 2. The van der Waals surface area contributed by atoms with Gasteiger partial charge in [0.25, 0.3) is 0 Å². The number of aromatic nitrogens is 1. The molecule has 0 aliphatic heterocycles. The summed E-state index contributed by atoms with van der Waals surface area (Å²) in [5.41, 5.74) is 1.94. The van der Waals surface area contributed by atoms with Gasteiger partial charge in [0.1, 0.15) is 0 Å². The number of pyridine rings is 1. The van der Waals surface area contributed by atoms with Crippen LogP contribution in [0.3, 0.4) is 0 Å². The van der Waals surface area contributed by atoms with Gasteiger partial charge in [0.15, 0.2) is 11.5 Å². The fraction of sp³-hybridized carbons (Fsp3) is 0.267. The zero-order valence-corrected chi connectivity index (χ0v) is 10.9. The number of aliphatic hydroxyl groups excluding tert-OH is 1. The van der Waals surface area contributed by atoms with Gasteiger partial charge in [0.2, 0.25) is 0 Å². The first kappa shape index (κ1) is 13.4. The molecule has 19 heavy (non-hydrogen) atoms. The van der Waals surface area contributed by atoms with Gasteiger partial charge >= 0.3 is 0 Å². The first-order valence-corrected chi connectivity index (χ1v) is 6.13. The Kier molecular flexibility index (Phi) is 4.75. The van der Waals surface area contributed by atoms with E-state index in [1.165, 1.54) is 0 Å². The number of hydrogen-bond acceptors (Lipinski definition) is 4. The SMILES string of the molecule is COc1cc(CO)ccc1OCCc1cccnc1. The van der Waals surface area contributed by atoms with Crippen molar-refractivity contribution in [1.82, 2.24) is 4.98 Å². The first-order valence-electron chi connectivity index (χ1n) is 6.13. The Balaban J connectivity index is 1.96. The molecule has 1 N–H and O–H groups in total. The van der Waals surface area contributed by atoms with Crippen molar-refractivity contribution >= 4 is 0 Å². The Morgan fingerprint density at radius 2 is 2.05 bits per heavy atom. The van der Waals surface area contributed by atoms with Crippen LogP contribution in [-0.2, 0) is 13.0 Å². The average molecular weight is 259 g/mol. The minimum absolute atomic E-state index is 0.00761. The molecule has 4 nitrogen and oxygen atoms in total. The van der Waals surface area contributed by atoms with Crippen LogP contribution in [0.15, 0.2) is 42.7 Å². The number of rotatable bonds is 6. The third kappa shape index (κ3) is 3.69. The quantitative estimate of drug-likeness (QED) is 0.864. The van der Waals surface area contributed by atoms with Crippen LogP contribution in [0.5, 0.6) is 11.5 Å². The highest BCUT2D eigenvalue weighted by Gasteiger charge is 2.05. The van der Waals surface area contributed by atoms with Gasteiger partial charge in [-0.2, -0.15) is 0 Å². The second-order valence-corrected chi connectivity index (χ2v) is 4.10. The maximum Gasteiger partial charge on any atom is 0.161 e. The maximum absolute atomic E-state index is 9.07. The third-order valence-corrected chi connectivity index (χ3v) is 2.78. The summed E-state index contributed by atoms with van der Waals surface area (Å²) in [5.74, 6) is 1.32. The van der Waals surface area contributed by atoms with Crippen molar-refractivity contribution in [2.24, 2.45) is 0 Å². The molecule has 1 aromatic heterocycles. The van der Waals surface area contributed by atoms with E-state index in [2.05, 4.69) is 4.98 Å². The molecule has 0 bridgehead atoms. The fourth-order valence-electron chi connectivity index (χ4n) is 1.75. The Labute approximate surface area is 112 Å². The lowest BCUT2D eigenvalue weighted by Crippen LogP contribution is -2.03. The molecule has 0 aliphatic rings. The molecule has 2 aromatic rings. The van der Waals surface area contributed by atoms with Crippen LogP contribution in [0.4, 0.5) is 0 Å². The number of methoxy groups -OCH3 is 1. The zero-order chi connectivity index (χ0) is 13.5. The van der Waals surface area contributed by atoms with E-state index in [9.17, 15) is 0 Å². The van der Waals surface area contributed by atoms with Crippen molar-refractivity contribution < 1.29 is 14.6 Å².